The Morgan fingerprint density at radius 3 is 1.83 bits per heavy atom. The molecule has 4 unspecified atom stereocenters. The Morgan fingerprint density at radius 2 is 1.50 bits per heavy atom. The highest BCUT2D eigenvalue weighted by Gasteiger charge is 2.45. The van der Waals surface area contributed by atoms with Crippen LogP contribution in [0.4, 0.5) is 0 Å². The van der Waals surface area contributed by atoms with Gasteiger partial charge in [-0.05, 0) is 59.7 Å². The Balaban J connectivity index is 3.48. The van der Waals surface area contributed by atoms with Crippen molar-refractivity contribution in [1.29, 1.82) is 0 Å². The molecule has 1 heteroatoms. The Hall–Kier alpha value is -0.330. The fraction of sp³-hybridized carbons (Fsp3) is 0.957. The first-order chi connectivity index (χ1) is 10.9. The molecule has 1 nitrogen and oxygen atoms in total. The van der Waals surface area contributed by atoms with Gasteiger partial charge in [0.05, 0.1) is 6.04 Å². The highest BCUT2D eigenvalue weighted by molar-refractivity contribution is 5.89. The predicted molar refractivity (Wildman–Crippen MR) is 110 cm³/mol. The van der Waals surface area contributed by atoms with Crippen molar-refractivity contribution in [1.82, 2.24) is 0 Å². The van der Waals surface area contributed by atoms with E-state index in [0.717, 1.165) is 5.92 Å². The third-order valence-electron chi connectivity index (χ3n) is 7.14. The highest BCUT2D eigenvalue weighted by atomic mass is 14.8. The summed E-state index contributed by atoms with van der Waals surface area (Å²) in [6.07, 6.45) is 2.49. The zero-order valence-electron chi connectivity index (χ0n) is 18.5. The van der Waals surface area contributed by atoms with Gasteiger partial charge in [-0.15, -0.1) is 0 Å². The van der Waals surface area contributed by atoms with Crippen LogP contribution in [0.1, 0.15) is 89.0 Å². The first kappa shape index (κ1) is 21.7. The topological polar surface area (TPSA) is 12.4 Å². The summed E-state index contributed by atoms with van der Waals surface area (Å²) in [6.45, 7) is 26.6. The van der Waals surface area contributed by atoms with Gasteiger partial charge < -0.3 is 0 Å². The molecule has 0 bridgehead atoms. The third-order valence-corrected chi connectivity index (χ3v) is 7.14. The lowest BCUT2D eigenvalue weighted by Crippen LogP contribution is -2.42. The van der Waals surface area contributed by atoms with E-state index in [-0.39, 0.29) is 0 Å². The molecule has 0 saturated carbocycles. The molecule has 0 radical (unpaired) electrons. The number of hydrogen-bond donors (Lipinski definition) is 0. The van der Waals surface area contributed by atoms with Gasteiger partial charge in [-0.2, -0.15) is 0 Å². The smallest absolute Gasteiger partial charge is 0.0530 e. The van der Waals surface area contributed by atoms with Gasteiger partial charge >= 0.3 is 0 Å². The van der Waals surface area contributed by atoms with Crippen molar-refractivity contribution < 1.29 is 0 Å². The zero-order chi connectivity index (χ0) is 18.8. The number of aliphatic imine (C=N–C) groups is 1. The van der Waals surface area contributed by atoms with Crippen molar-refractivity contribution >= 4 is 5.71 Å². The molecule has 0 aromatic rings. The Kier molecular flexibility index (Phi) is 7.57. The van der Waals surface area contributed by atoms with Crippen molar-refractivity contribution in [3.05, 3.63) is 0 Å². The minimum absolute atomic E-state index is 0.359. The van der Waals surface area contributed by atoms with Crippen molar-refractivity contribution in [2.75, 3.05) is 0 Å². The van der Waals surface area contributed by atoms with Crippen LogP contribution in [0.2, 0.25) is 0 Å². The van der Waals surface area contributed by atoms with Gasteiger partial charge in [-0.25, -0.2) is 0 Å². The lowest BCUT2D eigenvalue weighted by Gasteiger charge is -2.46. The highest BCUT2D eigenvalue weighted by Crippen LogP contribution is 2.50. The van der Waals surface area contributed by atoms with Gasteiger partial charge in [-0.1, -0.05) is 76.2 Å². The molecule has 0 aliphatic carbocycles. The number of rotatable bonds is 6. The summed E-state index contributed by atoms with van der Waals surface area (Å²) in [5.41, 5.74) is 1.86. The molecule has 1 aliphatic heterocycles. The van der Waals surface area contributed by atoms with E-state index in [1.54, 1.807) is 0 Å². The third kappa shape index (κ3) is 4.44. The van der Waals surface area contributed by atoms with Crippen molar-refractivity contribution in [2.24, 2.45) is 51.8 Å². The van der Waals surface area contributed by atoms with Crippen molar-refractivity contribution in [2.45, 2.75) is 95.0 Å². The van der Waals surface area contributed by atoms with Gasteiger partial charge in [0.2, 0.25) is 0 Å². The molecule has 0 N–H and O–H groups in total. The Morgan fingerprint density at radius 1 is 0.958 bits per heavy atom. The second-order valence-electron chi connectivity index (χ2n) is 10.2. The van der Waals surface area contributed by atoms with E-state index >= 15 is 0 Å². The summed E-state index contributed by atoms with van der Waals surface area (Å²) >= 11 is 0. The van der Waals surface area contributed by atoms with Crippen LogP contribution < -0.4 is 0 Å². The van der Waals surface area contributed by atoms with Crippen LogP contribution >= 0.6 is 0 Å². The van der Waals surface area contributed by atoms with Crippen LogP contribution in [0.3, 0.4) is 0 Å². The average Bonchev–Trinajstić information content (AvgIpc) is 2.63. The van der Waals surface area contributed by atoms with E-state index in [1.807, 2.05) is 0 Å². The van der Waals surface area contributed by atoms with E-state index in [0.29, 0.717) is 47.0 Å². The first-order valence-electron chi connectivity index (χ1n) is 10.5. The number of nitrogens with zero attached hydrogens (tertiary/aromatic N) is 1. The molecule has 0 spiro atoms. The van der Waals surface area contributed by atoms with Crippen LogP contribution in [0, 0.1) is 46.8 Å². The van der Waals surface area contributed by atoms with Gasteiger partial charge in [0.1, 0.15) is 0 Å². The molecule has 4 atom stereocenters. The summed E-state index contributed by atoms with van der Waals surface area (Å²) in [5.74, 6) is 4.74. The molecule has 0 aromatic heterocycles. The normalized spacial score (nSPS) is 29.5. The zero-order valence-corrected chi connectivity index (χ0v) is 18.5. The molecule has 24 heavy (non-hydrogen) atoms. The SMILES string of the molecule is CCC1N=C(C(C)C)C(C(C)C)CC(C(C)(C)C(C)C)C1C(C)C. The second kappa shape index (κ2) is 8.37. The molecule has 0 amide bonds. The monoisotopic (exact) mass is 335 g/mol. The lowest BCUT2D eigenvalue weighted by molar-refractivity contribution is 0.0352. The fourth-order valence-electron chi connectivity index (χ4n) is 4.88. The van der Waals surface area contributed by atoms with Gasteiger partial charge in [0.25, 0.3) is 0 Å². The minimum Gasteiger partial charge on any atom is -0.290 e. The quantitative estimate of drug-likeness (QED) is 0.490. The summed E-state index contributed by atoms with van der Waals surface area (Å²) < 4.78 is 0. The number of hydrogen-bond acceptors (Lipinski definition) is 1. The van der Waals surface area contributed by atoms with E-state index in [9.17, 15) is 0 Å². The molecule has 1 rings (SSSR count). The van der Waals surface area contributed by atoms with E-state index in [1.165, 1.54) is 18.6 Å². The molecule has 0 fully saturated rings. The van der Waals surface area contributed by atoms with Crippen LogP contribution in [0.25, 0.3) is 0 Å². The summed E-state index contributed by atoms with van der Waals surface area (Å²) in [7, 11) is 0. The summed E-state index contributed by atoms with van der Waals surface area (Å²) in [5, 5.41) is 0. The van der Waals surface area contributed by atoms with Crippen LogP contribution in [-0.4, -0.2) is 11.8 Å². The molecular weight excluding hydrogens is 290 g/mol. The van der Waals surface area contributed by atoms with Crippen molar-refractivity contribution in [3.63, 3.8) is 0 Å². The van der Waals surface area contributed by atoms with E-state index in [2.05, 4.69) is 76.2 Å². The van der Waals surface area contributed by atoms with Crippen molar-refractivity contribution in [3.8, 4) is 0 Å². The van der Waals surface area contributed by atoms with E-state index in [4.69, 9.17) is 4.99 Å². The molecule has 142 valence electrons. The van der Waals surface area contributed by atoms with Crippen LogP contribution in [0.15, 0.2) is 4.99 Å². The summed E-state index contributed by atoms with van der Waals surface area (Å²) in [4.78, 5) is 5.44. The first-order valence-corrected chi connectivity index (χ1v) is 10.5. The standard InChI is InChI=1S/C23H45N/c1-12-20-21(15(4)5)19(23(10,11)17(8)9)13-18(14(2)3)22(24-20)16(6)7/h14-21H,12-13H2,1-11H3. The molecule has 1 heterocycles. The largest absolute Gasteiger partial charge is 0.290 e. The molecular formula is C23H45N. The van der Waals surface area contributed by atoms with Gasteiger partial charge in [0, 0.05) is 5.71 Å². The van der Waals surface area contributed by atoms with E-state index < -0.39 is 0 Å². The maximum atomic E-state index is 5.44. The van der Waals surface area contributed by atoms with Crippen LogP contribution in [0.5, 0.6) is 0 Å². The lowest BCUT2D eigenvalue weighted by atomic mass is 9.59. The Bertz CT molecular complexity index is 414. The molecule has 0 aromatic carbocycles. The predicted octanol–water partition coefficient (Wildman–Crippen LogP) is 7.11. The molecule has 1 aliphatic rings. The summed E-state index contributed by atoms with van der Waals surface area (Å²) in [6, 6.07) is 0.495. The Labute approximate surface area is 153 Å². The van der Waals surface area contributed by atoms with Gasteiger partial charge in [0.15, 0.2) is 0 Å². The molecule has 0 saturated heterocycles. The minimum atomic E-state index is 0.359. The van der Waals surface area contributed by atoms with Gasteiger partial charge in [-0.3, -0.25) is 4.99 Å². The second-order valence-corrected chi connectivity index (χ2v) is 10.2. The fourth-order valence-corrected chi connectivity index (χ4v) is 4.88. The van der Waals surface area contributed by atoms with Crippen LogP contribution in [-0.2, 0) is 0 Å². The maximum absolute atomic E-state index is 5.44. The average molecular weight is 336 g/mol. The maximum Gasteiger partial charge on any atom is 0.0530 e.